The van der Waals surface area contributed by atoms with Crippen molar-refractivity contribution in [2.75, 3.05) is 39.9 Å². The minimum Gasteiger partial charge on any atom is -0.497 e. The van der Waals surface area contributed by atoms with Gasteiger partial charge in [-0.05, 0) is 55.5 Å². The summed E-state index contributed by atoms with van der Waals surface area (Å²) in [5, 5.41) is 0. The first-order valence-electron chi connectivity index (χ1n) is 9.16. The molecular weight excluding hydrogens is 416 g/mol. The highest BCUT2D eigenvalue weighted by Crippen LogP contribution is 2.24. The predicted octanol–water partition coefficient (Wildman–Crippen LogP) is 1.79. The topological polar surface area (TPSA) is 93.2 Å². The zero-order chi connectivity index (χ0) is 21.1. The minimum absolute atomic E-state index is 0.0879. The van der Waals surface area contributed by atoms with E-state index in [0.717, 1.165) is 0 Å². The summed E-state index contributed by atoms with van der Waals surface area (Å²) in [4.78, 5) is 0.313. The van der Waals surface area contributed by atoms with Gasteiger partial charge in [-0.25, -0.2) is 16.8 Å². The lowest BCUT2D eigenvalue weighted by Gasteiger charge is -2.33. The highest BCUT2D eigenvalue weighted by Gasteiger charge is 2.33. The molecule has 0 aliphatic carbocycles. The Hall–Kier alpha value is -2.14. The van der Waals surface area contributed by atoms with E-state index in [-0.39, 0.29) is 36.0 Å². The number of rotatable bonds is 7. The summed E-state index contributed by atoms with van der Waals surface area (Å²) in [6.07, 6.45) is 0. The van der Waals surface area contributed by atoms with E-state index in [1.165, 1.54) is 40.0 Å². The number of nitrogens with zero attached hydrogens (tertiary/aromatic N) is 2. The van der Waals surface area contributed by atoms with Crippen molar-refractivity contribution in [3.8, 4) is 11.5 Å². The van der Waals surface area contributed by atoms with Crippen LogP contribution in [-0.2, 0) is 20.0 Å². The molecule has 0 spiro atoms. The molecule has 2 aromatic carbocycles. The van der Waals surface area contributed by atoms with E-state index >= 15 is 0 Å². The lowest BCUT2D eigenvalue weighted by molar-refractivity contribution is 0.272. The Morgan fingerprint density at radius 2 is 1.10 bits per heavy atom. The van der Waals surface area contributed by atoms with Crippen LogP contribution in [0.2, 0.25) is 0 Å². The van der Waals surface area contributed by atoms with Gasteiger partial charge in [-0.15, -0.1) is 0 Å². The van der Waals surface area contributed by atoms with Crippen LogP contribution in [0.4, 0.5) is 0 Å². The number of ether oxygens (including phenoxy) is 2. The van der Waals surface area contributed by atoms with Crippen LogP contribution < -0.4 is 9.47 Å². The largest absolute Gasteiger partial charge is 0.497 e. The summed E-state index contributed by atoms with van der Waals surface area (Å²) in [7, 11) is -5.88. The minimum atomic E-state index is -3.70. The van der Waals surface area contributed by atoms with Crippen LogP contribution in [0.15, 0.2) is 58.3 Å². The summed E-state index contributed by atoms with van der Waals surface area (Å²) in [5.41, 5.74) is 0. The zero-order valence-corrected chi connectivity index (χ0v) is 17.9. The Bertz CT molecular complexity index is 1030. The van der Waals surface area contributed by atoms with Crippen LogP contribution in [0.25, 0.3) is 0 Å². The smallest absolute Gasteiger partial charge is 0.243 e. The molecule has 158 valence electrons. The number of sulfonamides is 2. The van der Waals surface area contributed by atoms with E-state index in [1.807, 2.05) is 6.92 Å². The molecule has 8 nitrogen and oxygen atoms in total. The molecule has 0 saturated carbocycles. The summed E-state index contributed by atoms with van der Waals surface area (Å²) in [6.45, 7) is 2.70. The molecule has 1 aliphatic heterocycles. The average molecular weight is 441 g/mol. The average Bonchev–Trinajstić information content (AvgIpc) is 2.74. The Morgan fingerprint density at radius 3 is 1.45 bits per heavy atom. The monoisotopic (exact) mass is 440 g/mol. The molecule has 0 unspecified atom stereocenters. The fourth-order valence-corrected chi connectivity index (χ4v) is 5.92. The Labute approximate surface area is 171 Å². The van der Waals surface area contributed by atoms with Gasteiger partial charge in [0.05, 0.1) is 23.5 Å². The van der Waals surface area contributed by atoms with Crippen molar-refractivity contribution >= 4 is 20.0 Å². The van der Waals surface area contributed by atoms with Crippen molar-refractivity contribution in [1.29, 1.82) is 0 Å². The van der Waals surface area contributed by atoms with Crippen LogP contribution in [0.5, 0.6) is 11.5 Å². The van der Waals surface area contributed by atoms with Crippen LogP contribution >= 0.6 is 0 Å². The fourth-order valence-electron chi connectivity index (χ4n) is 3.07. The third-order valence-corrected chi connectivity index (χ3v) is 8.49. The van der Waals surface area contributed by atoms with E-state index in [9.17, 15) is 16.8 Å². The molecule has 10 heteroatoms. The van der Waals surface area contributed by atoms with Gasteiger partial charge in [0.15, 0.2) is 0 Å². The molecule has 2 aromatic rings. The molecule has 0 radical (unpaired) electrons. The molecule has 1 aliphatic rings. The van der Waals surface area contributed by atoms with E-state index in [1.54, 1.807) is 24.3 Å². The third-order valence-electron chi connectivity index (χ3n) is 4.67. The number of hydrogen-bond donors (Lipinski definition) is 0. The van der Waals surface area contributed by atoms with Crippen LogP contribution in [0.1, 0.15) is 6.92 Å². The molecule has 1 heterocycles. The van der Waals surface area contributed by atoms with Crippen LogP contribution in [0, 0.1) is 0 Å². The molecule has 0 atom stereocenters. The summed E-state index contributed by atoms with van der Waals surface area (Å²) < 4.78 is 64.3. The highest BCUT2D eigenvalue weighted by atomic mass is 32.2. The van der Waals surface area contributed by atoms with Gasteiger partial charge in [0.2, 0.25) is 20.0 Å². The second kappa shape index (κ2) is 8.70. The number of piperazine rings is 1. The Kier molecular flexibility index (Phi) is 6.47. The molecular formula is C19H24N2O6S2. The molecule has 3 rings (SSSR count). The molecule has 29 heavy (non-hydrogen) atoms. The van der Waals surface area contributed by atoms with E-state index in [2.05, 4.69) is 0 Å². The first-order valence-corrected chi connectivity index (χ1v) is 12.0. The maximum atomic E-state index is 12.9. The second-order valence-electron chi connectivity index (χ2n) is 6.39. The Balaban J connectivity index is 1.70. The number of methoxy groups -OCH3 is 1. The standard InChI is InChI=1S/C19H24N2O6S2/c1-3-27-17-6-10-19(11-7-17)29(24,25)21-14-12-20(13-15-21)28(22,23)18-8-4-16(26-2)5-9-18/h4-11H,3,12-15H2,1-2H3. The lowest BCUT2D eigenvalue weighted by Crippen LogP contribution is -2.50. The van der Waals surface area contributed by atoms with E-state index in [0.29, 0.717) is 18.1 Å². The van der Waals surface area contributed by atoms with Crippen molar-refractivity contribution < 1.29 is 26.3 Å². The molecule has 1 saturated heterocycles. The van der Waals surface area contributed by atoms with Crippen molar-refractivity contribution in [3.63, 3.8) is 0 Å². The van der Waals surface area contributed by atoms with Gasteiger partial charge < -0.3 is 9.47 Å². The summed E-state index contributed by atoms with van der Waals surface area (Å²) in [5.74, 6) is 1.16. The van der Waals surface area contributed by atoms with Crippen LogP contribution in [0.3, 0.4) is 0 Å². The molecule has 0 N–H and O–H groups in total. The van der Waals surface area contributed by atoms with Gasteiger partial charge in [-0.1, -0.05) is 0 Å². The van der Waals surface area contributed by atoms with Crippen LogP contribution in [-0.4, -0.2) is 65.3 Å². The summed E-state index contributed by atoms with van der Waals surface area (Å²) >= 11 is 0. The van der Waals surface area contributed by atoms with Crippen molar-refractivity contribution in [3.05, 3.63) is 48.5 Å². The molecule has 0 aromatic heterocycles. The number of hydrogen-bond acceptors (Lipinski definition) is 6. The second-order valence-corrected chi connectivity index (χ2v) is 10.3. The maximum Gasteiger partial charge on any atom is 0.243 e. The highest BCUT2D eigenvalue weighted by molar-refractivity contribution is 7.89. The van der Waals surface area contributed by atoms with Crippen molar-refractivity contribution in [2.24, 2.45) is 0 Å². The van der Waals surface area contributed by atoms with Gasteiger partial charge in [-0.2, -0.15) is 8.61 Å². The lowest BCUT2D eigenvalue weighted by atomic mass is 10.3. The summed E-state index contributed by atoms with van der Waals surface area (Å²) in [6, 6.07) is 12.4. The van der Waals surface area contributed by atoms with Gasteiger partial charge >= 0.3 is 0 Å². The normalized spacial score (nSPS) is 16.5. The molecule has 0 amide bonds. The third kappa shape index (κ3) is 4.55. The van der Waals surface area contributed by atoms with Gasteiger partial charge in [0.25, 0.3) is 0 Å². The predicted molar refractivity (Wildman–Crippen MR) is 108 cm³/mol. The van der Waals surface area contributed by atoms with Gasteiger partial charge in [0.1, 0.15) is 11.5 Å². The quantitative estimate of drug-likeness (QED) is 0.652. The van der Waals surface area contributed by atoms with E-state index < -0.39 is 20.0 Å². The number of benzene rings is 2. The van der Waals surface area contributed by atoms with E-state index in [4.69, 9.17) is 9.47 Å². The van der Waals surface area contributed by atoms with Gasteiger partial charge in [-0.3, -0.25) is 0 Å². The zero-order valence-electron chi connectivity index (χ0n) is 16.3. The molecule has 1 fully saturated rings. The van der Waals surface area contributed by atoms with Crippen molar-refractivity contribution in [2.45, 2.75) is 16.7 Å². The fraction of sp³-hybridized carbons (Fsp3) is 0.368. The SMILES string of the molecule is CCOc1ccc(S(=O)(=O)N2CCN(S(=O)(=O)c3ccc(OC)cc3)CC2)cc1. The first-order chi connectivity index (χ1) is 13.8. The first kappa shape index (κ1) is 21.6. The van der Waals surface area contributed by atoms with Gasteiger partial charge in [0, 0.05) is 26.2 Å². The maximum absolute atomic E-state index is 12.9. The molecule has 0 bridgehead atoms. The Morgan fingerprint density at radius 1 is 0.724 bits per heavy atom. The van der Waals surface area contributed by atoms with Crippen molar-refractivity contribution in [1.82, 2.24) is 8.61 Å².